The average molecular weight is 449 g/mol. The van der Waals surface area contributed by atoms with Crippen molar-refractivity contribution in [1.82, 2.24) is 0 Å². The number of rotatable bonds is 11. The van der Waals surface area contributed by atoms with Crippen LogP contribution in [0.15, 0.2) is 30.3 Å². The standard InChI is InChI=1S/C25H36O7/c1-18(26)30-16-21-14-24(32-19(2)27)22(11-13-28-15-20-8-4-3-5-9-20)23(21)17-31-25-10-6-7-12-29-25/h3-5,8-9,21-25H,6-7,10-17H2,1-2H3/t21-,22+,23-,24?,25?/m0/s1. The van der Waals surface area contributed by atoms with Crippen molar-refractivity contribution in [3.05, 3.63) is 35.9 Å². The summed E-state index contributed by atoms with van der Waals surface area (Å²) in [4.78, 5) is 23.2. The lowest BCUT2D eigenvalue weighted by molar-refractivity contribution is -0.176. The molecule has 3 rings (SSSR count). The highest BCUT2D eigenvalue weighted by atomic mass is 16.7. The van der Waals surface area contributed by atoms with Gasteiger partial charge in [0.2, 0.25) is 0 Å². The zero-order valence-corrected chi connectivity index (χ0v) is 19.2. The Morgan fingerprint density at radius 2 is 1.84 bits per heavy atom. The molecule has 7 heteroatoms. The molecule has 1 heterocycles. The molecule has 0 aromatic heterocycles. The second-order valence-corrected chi connectivity index (χ2v) is 8.73. The van der Waals surface area contributed by atoms with Crippen molar-refractivity contribution in [2.24, 2.45) is 17.8 Å². The van der Waals surface area contributed by atoms with E-state index in [-0.39, 0.29) is 42.1 Å². The van der Waals surface area contributed by atoms with E-state index < -0.39 is 0 Å². The first kappa shape index (κ1) is 24.7. The summed E-state index contributed by atoms with van der Waals surface area (Å²) >= 11 is 0. The van der Waals surface area contributed by atoms with Crippen molar-refractivity contribution < 1.29 is 33.3 Å². The maximum absolute atomic E-state index is 11.8. The number of ether oxygens (including phenoxy) is 5. The second-order valence-electron chi connectivity index (χ2n) is 8.73. The Balaban J connectivity index is 1.62. The number of carbonyl (C=O) groups excluding carboxylic acids is 2. The minimum absolute atomic E-state index is 0.0611. The highest BCUT2D eigenvalue weighted by Gasteiger charge is 2.45. The van der Waals surface area contributed by atoms with Gasteiger partial charge in [0.25, 0.3) is 0 Å². The van der Waals surface area contributed by atoms with Crippen LogP contribution in [0.2, 0.25) is 0 Å². The fourth-order valence-corrected chi connectivity index (χ4v) is 4.74. The molecule has 1 aliphatic carbocycles. The molecule has 0 spiro atoms. The lowest BCUT2D eigenvalue weighted by Gasteiger charge is -2.29. The molecule has 0 bridgehead atoms. The van der Waals surface area contributed by atoms with Crippen molar-refractivity contribution in [1.29, 1.82) is 0 Å². The molecule has 7 nitrogen and oxygen atoms in total. The van der Waals surface area contributed by atoms with Gasteiger partial charge in [-0.15, -0.1) is 0 Å². The number of carbonyl (C=O) groups is 2. The van der Waals surface area contributed by atoms with Crippen molar-refractivity contribution in [2.75, 3.05) is 26.4 Å². The Morgan fingerprint density at radius 3 is 2.53 bits per heavy atom. The van der Waals surface area contributed by atoms with Crippen molar-refractivity contribution in [3.8, 4) is 0 Å². The Kier molecular flexibility index (Phi) is 9.96. The van der Waals surface area contributed by atoms with Crippen LogP contribution in [0.5, 0.6) is 0 Å². The maximum atomic E-state index is 11.8. The van der Waals surface area contributed by atoms with Gasteiger partial charge in [0.05, 0.1) is 19.8 Å². The predicted octanol–water partition coefficient (Wildman–Crippen LogP) is 3.88. The first-order chi connectivity index (χ1) is 15.5. The molecule has 2 fully saturated rings. The second kappa shape index (κ2) is 12.9. The molecule has 1 saturated heterocycles. The molecule has 1 saturated carbocycles. The van der Waals surface area contributed by atoms with E-state index in [0.29, 0.717) is 32.8 Å². The summed E-state index contributed by atoms with van der Waals surface area (Å²) in [5, 5.41) is 0. The molecule has 0 N–H and O–H groups in total. The van der Waals surface area contributed by atoms with Gasteiger partial charge in [-0.25, -0.2) is 0 Å². The van der Waals surface area contributed by atoms with Crippen LogP contribution < -0.4 is 0 Å². The molecule has 2 unspecified atom stereocenters. The van der Waals surface area contributed by atoms with Gasteiger partial charge in [-0.2, -0.15) is 0 Å². The predicted molar refractivity (Wildman–Crippen MR) is 118 cm³/mol. The first-order valence-corrected chi connectivity index (χ1v) is 11.7. The number of benzene rings is 1. The summed E-state index contributed by atoms with van der Waals surface area (Å²) in [5.41, 5.74) is 1.12. The molecular formula is C25H36O7. The number of esters is 2. The van der Waals surface area contributed by atoms with Crippen LogP contribution in [0.25, 0.3) is 0 Å². The lowest BCUT2D eigenvalue weighted by Crippen LogP contribution is -2.32. The van der Waals surface area contributed by atoms with Crippen LogP contribution in [0.4, 0.5) is 0 Å². The fourth-order valence-electron chi connectivity index (χ4n) is 4.74. The smallest absolute Gasteiger partial charge is 0.302 e. The SMILES string of the molecule is CC(=O)OC[C@@H]1CC(OC(C)=O)[C@H](CCOCc2ccccc2)[C@H]1COC1CCCCO1. The molecule has 32 heavy (non-hydrogen) atoms. The van der Waals surface area contributed by atoms with E-state index in [0.717, 1.165) is 37.9 Å². The summed E-state index contributed by atoms with van der Waals surface area (Å²) in [6.45, 7) is 5.44. The Hall–Kier alpha value is -1.96. The van der Waals surface area contributed by atoms with Crippen LogP contribution in [-0.4, -0.2) is 50.8 Å². The maximum Gasteiger partial charge on any atom is 0.302 e. The lowest BCUT2D eigenvalue weighted by atomic mass is 9.88. The molecule has 1 aliphatic heterocycles. The average Bonchev–Trinajstić information content (AvgIpc) is 3.10. The highest BCUT2D eigenvalue weighted by Crippen LogP contribution is 2.42. The van der Waals surface area contributed by atoms with Gasteiger partial charge in [0.15, 0.2) is 6.29 Å². The number of hydrogen-bond donors (Lipinski definition) is 0. The van der Waals surface area contributed by atoms with Gasteiger partial charge in [-0.05, 0) is 43.6 Å². The summed E-state index contributed by atoms with van der Waals surface area (Å²) in [6.07, 6.45) is 4.00. The van der Waals surface area contributed by atoms with E-state index in [1.54, 1.807) is 0 Å². The Morgan fingerprint density at radius 1 is 1.03 bits per heavy atom. The van der Waals surface area contributed by atoms with Gasteiger partial charge in [0.1, 0.15) is 6.10 Å². The molecule has 0 radical (unpaired) electrons. The summed E-state index contributed by atoms with van der Waals surface area (Å²) in [5.74, 6) is -0.387. The van der Waals surface area contributed by atoms with Crippen LogP contribution in [-0.2, 0) is 39.9 Å². The largest absolute Gasteiger partial charge is 0.466 e. The fraction of sp³-hybridized carbons (Fsp3) is 0.680. The van der Waals surface area contributed by atoms with Crippen molar-refractivity contribution >= 4 is 11.9 Å². The molecule has 1 aromatic rings. The normalized spacial score (nSPS) is 27.8. The first-order valence-electron chi connectivity index (χ1n) is 11.7. The zero-order valence-electron chi connectivity index (χ0n) is 19.2. The van der Waals surface area contributed by atoms with Gasteiger partial charge in [-0.3, -0.25) is 9.59 Å². The van der Waals surface area contributed by atoms with Crippen LogP contribution in [0, 0.1) is 17.8 Å². The molecule has 5 atom stereocenters. The minimum atomic E-state index is -0.307. The Bertz CT molecular complexity index is 702. The van der Waals surface area contributed by atoms with E-state index >= 15 is 0 Å². The van der Waals surface area contributed by atoms with E-state index in [4.69, 9.17) is 23.7 Å². The van der Waals surface area contributed by atoms with Crippen molar-refractivity contribution in [3.63, 3.8) is 0 Å². The summed E-state index contributed by atoms with van der Waals surface area (Å²) in [6, 6.07) is 10.0. The van der Waals surface area contributed by atoms with E-state index in [2.05, 4.69) is 0 Å². The highest BCUT2D eigenvalue weighted by molar-refractivity contribution is 5.66. The van der Waals surface area contributed by atoms with Crippen LogP contribution in [0.3, 0.4) is 0 Å². The van der Waals surface area contributed by atoms with Gasteiger partial charge in [-0.1, -0.05) is 30.3 Å². The monoisotopic (exact) mass is 448 g/mol. The minimum Gasteiger partial charge on any atom is -0.466 e. The molecular weight excluding hydrogens is 412 g/mol. The van der Waals surface area contributed by atoms with E-state index in [9.17, 15) is 9.59 Å². The number of hydrogen-bond acceptors (Lipinski definition) is 7. The zero-order chi connectivity index (χ0) is 22.8. The topological polar surface area (TPSA) is 80.3 Å². The molecule has 0 amide bonds. The van der Waals surface area contributed by atoms with Gasteiger partial charge < -0.3 is 23.7 Å². The third-order valence-electron chi connectivity index (χ3n) is 6.31. The quantitative estimate of drug-likeness (QED) is 0.375. The van der Waals surface area contributed by atoms with E-state index in [1.807, 2.05) is 30.3 Å². The van der Waals surface area contributed by atoms with Gasteiger partial charge in [0, 0.05) is 38.9 Å². The molecule has 178 valence electrons. The molecule has 1 aromatic carbocycles. The van der Waals surface area contributed by atoms with E-state index in [1.165, 1.54) is 13.8 Å². The summed E-state index contributed by atoms with van der Waals surface area (Å²) in [7, 11) is 0. The third-order valence-corrected chi connectivity index (χ3v) is 6.31. The molecule has 2 aliphatic rings. The summed E-state index contributed by atoms with van der Waals surface area (Å²) < 4.78 is 28.8. The van der Waals surface area contributed by atoms with Crippen LogP contribution >= 0.6 is 0 Å². The Labute approximate surface area is 190 Å². The van der Waals surface area contributed by atoms with Gasteiger partial charge >= 0.3 is 11.9 Å². The van der Waals surface area contributed by atoms with Crippen LogP contribution in [0.1, 0.15) is 51.5 Å². The third kappa shape index (κ3) is 7.87. The van der Waals surface area contributed by atoms with Crippen molar-refractivity contribution in [2.45, 2.75) is 65.0 Å².